The number of benzene rings is 1. The fourth-order valence-electron chi connectivity index (χ4n) is 1.37. The zero-order valence-corrected chi connectivity index (χ0v) is 9.22. The maximum Gasteiger partial charge on any atom is 0.418 e. The average molecular weight is 265 g/mol. The Morgan fingerprint density at radius 1 is 1.29 bits per heavy atom. The number of alkyl halides is 4. The quantitative estimate of drug-likeness (QED) is 0.831. The number of hydrogen-bond donors (Lipinski definition) is 1. The predicted molar refractivity (Wildman–Crippen MR) is 56.9 cm³/mol. The minimum atomic E-state index is -4.44. The van der Waals surface area contributed by atoms with Crippen LogP contribution >= 0.6 is 11.6 Å². The topological polar surface area (TPSA) is 24.5 Å². The standard InChI is InChI=1S/C10H8ClF3N2O/c11-5-7-6-17-16(15-7)9-4-2-1-3-8(9)10(12,13)14/h1-4,6,15H,5H2. The minimum Gasteiger partial charge on any atom is -0.365 e. The number of para-hydroxylation sites is 1. The summed E-state index contributed by atoms with van der Waals surface area (Å²) in [6.45, 7) is 0. The highest BCUT2D eigenvalue weighted by Gasteiger charge is 2.36. The molecule has 1 heterocycles. The van der Waals surface area contributed by atoms with Crippen molar-refractivity contribution < 1.29 is 18.0 Å². The van der Waals surface area contributed by atoms with Crippen LogP contribution in [0.15, 0.2) is 36.2 Å². The maximum absolute atomic E-state index is 12.7. The van der Waals surface area contributed by atoms with E-state index >= 15 is 0 Å². The third-order valence-corrected chi connectivity index (χ3v) is 2.41. The summed E-state index contributed by atoms with van der Waals surface area (Å²) in [5.41, 5.74) is 2.20. The van der Waals surface area contributed by atoms with Gasteiger partial charge in [-0.2, -0.15) is 13.2 Å². The van der Waals surface area contributed by atoms with Crippen molar-refractivity contribution >= 4 is 17.3 Å². The van der Waals surface area contributed by atoms with Crippen LogP contribution in [-0.4, -0.2) is 5.88 Å². The van der Waals surface area contributed by atoms with Crippen LogP contribution in [0.3, 0.4) is 0 Å². The van der Waals surface area contributed by atoms with Gasteiger partial charge < -0.3 is 4.84 Å². The van der Waals surface area contributed by atoms with Crippen LogP contribution in [0.5, 0.6) is 0 Å². The SMILES string of the molecule is FC(F)(F)c1ccccc1N1NC(CCl)=CO1. The molecule has 0 amide bonds. The van der Waals surface area contributed by atoms with Gasteiger partial charge in [-0.1, -0.05) is 12.1 Å². The van der Waals surface area contributed by atoms with Crippen LogP contribution in [0.4, 0.5) is 18.9 Å². The lowest BCUT2D eigenvalue weighted by atomic mass is 10.2. The van der Waals surface area contributed by atoms with Gasteiger partial charge in [0.05, 0.1) is 17.1 Å². The first kappa shape index (κ1) is 11.9. The molecule has 0 bridgehead atoms. The molecule has 1 aromatic carbocycles. The number of halogens is 4. The molecule has 7 heteroatoms. The van der Waals surface area contributed by atoms with Crippen LogP contribution in [0, 0.1) is 0 Å². The Morgan fingerprint density at radius 3 is 2.59 bits per heavy atom. The van der Waals surface area contributed by atoms with Gasteiger partial charge in [-0.15, -0.1) is 16.8 Å². The van der Waals surface area contributed by atoms with Gasteiger partial charge in [-0.3, -0.25) is 5.43 Å². The first-order valence-corrected chi connectivity index (χ1v) is 5.20. The van der Waals surface area contributed by atoms with Crippen molar-refractivity contribution in [3.8, 4) is 0 Å². The molecule has 92 valence electrons. The highest BCUT2D eigenvalue weighted by atomic mass is 35.5. The second kappa shape index (κ2) is 4.37. The highest BCUT2D eigenvalue weighted by Crippen LogP contribution is 2.36. The number of anilines is 1. The van der Waals surface area contributed by atoms with E-state index in [2.05, 4.69) is 5.43 Å². The van der Waals surface area contributed by atoms with Gasteiger partial charge >= 0.3 is 6.18 Å². The number of allylic oxidation sites excluding steroid dienone is 1. The van der Waals surface area contributed by atoms with Crippen LogP contribution in [0.2, 0.25) is 0 Å². The number of rotatable bonds is 2. The Hall–Kier alpha value is -1.56. The zero-order chi connectivity index (χ0) is 12.5. The average Bonchev–Trinajstić information content (AvgIpc) is 2.76. The summed E-state index contributed by atoms with van der Waals surface area (Å²) >= 11 is 5.53. The molecule has 0 saturated carbocycles. The van der Waals surface area contributed by atoms with E-state index < -0.39 is 11.7 Å². The van der Waals surface area contributed by atoms with E-state index in [9.17, 15) is 13.2 Å². The third-order valence-electron chi connectivity index (χ3n) is 2.12. The summed E-state index contributed by atoms with van der Waals surface area (Å²) in [5, 5.41) is 0.931. The molecule has 2 rings (SSSR count). The number of hydrazine groups is 1. The van der Waals surface area contributed by atoms with Gasteiger partial charge in [-0.25, -0.2) is 0 Å². The van der Waals surface area contributed by atoms with E-state index in [1.54, 1.807) is 0 Å². The molecular weight excluding hydrogens is 257 g/mol. The van der Waals surface area contributed by atoms with Gasteiger partial charge in [0.2, 0.25) is 0 Å². The number of nitrogens with one attached hydrogen (secondary N) is 1. The predicted octanol–water partition coefficient (Wildman–Crippen LogP) is 3.04. The summed E-state index contributed by atoms with van der Waals surface area (Å²) in [4.78, 5) is 4.95. The Labute approximate surface area is 100 Å². The van der Waals surface area contributed by atoms with E-state index in [1.807, 2.05) is 0 Å². The van der Waals surface area contributed by atoms with E-state index in [0.717, 1.165) is 11.2 Å². The molecule has 0 aromatic heterocycles. The number of hydrogen-bond acceptors (Lipinski definition) is 3. The molecule has 3 nitrogen and oxygen atoms in total. The summed E-state index contributed by atoms with van der Waals surface area (Å²) in [7, 11) is 0. The van der Waals surface area contributed by atoms with Gasteiger partial charge in [-0.05, 0) is 12.1 Å². The van der Waals surface area contributed by atoms with Gasteiger partial charge in [0.25, 0.3) is 0 Å². The fourth-order valence-corrected chi connectivity index (χ4v) is 1.49. The normalized spacial score (nSPS) is 15.3. The smallest absolute Gasteiger partial charge is 0.365 e. The summed E-state index contributed by atoms with van der Waals surface area (Å²) in [5.74, 6) is 0.130. The molecule has 0 unspecified atom stereocenters. The molecule has 1 aliphatic rings. The molecule has 0 spiro atoms. The number of nitrogens with zero attached hydrogens (tertiary/aromatic N) is 1. The maximum atomic E-state index is 12.7. The van der Waals surface area contributed by atoms with Crippen molar-refractivity contribution in [2.45, 2.75) is 6.18 Å². The van der Waals surface area contributed by atoms with Crippen LogP contribution in [0.25, 0.3) is 0 Å². The van der Waals surface area contributed by atoms with Crippen molar-refractivity contribution in [2.24, 2.45) is 0 Å². The van der Waals surface area contributed by atoms with Crippen molar-refractivity contribution in [1.29, 1.82) is 0 Å². The highest BCUT2D eigenvalue weighted by molar-refractivity contribution is 6.19. The van der Waals surface area contributed by atoms with Crippen molar-refractivity contribution in [2.75, 3.05) is 11.1 Å². The van der Waals surface area contributed by atoms with Crippen LogP contribution < -0.4 is 10.6 Å². The third kappa shape index (κ3) is 2.41. The Bertz CT molecular complexity index is 447. The second-order valence-corrected chi connectivity index (χ2v) is 3.57. The molecule has 0 fully saturated rings. The first-order valence-electron chi connectivity index (χ1n) is 4.67. The molecule has 0 radical (unpaired) electrons. The first-order chi connectivity index (χ1) is 8.02. The lowest BCUT2D eigenvalue weighted by molar-refractivity contribution is -0.137. The Morgan fingerprint density at radius 2 is 2.00 bits per heavy atom. The Kier molecular flexibility index (Phi) is 3.06. The molecule has 1 N–H and O–H groups in total. The molecule has 0 aliphatic carbocycles. The largest absolute Gasteiger partial charge is 0.418 e. The minimum absolute atomic E-state index is 0.114. The summed E-state index contributed by atoms with van der Waals surface area (Å²) in [6, 6.07) is 5.10. The molecule has 0 saturated heterocycles. The fraction of sp³-hybridized carbons (Fsp3) is 0.200. The monoisotopic (exact) mass is 264 g/mol. The van der Waals surface area contributed by atoms with Crippen molar-refractivity contribution in [3.05, 3.63) is 41.8 Å². The molecule has 1 aromatic rings. The Balaban J connectivity index is 2.29. The molecule has 1 aliphatic heterocycles. The lowest BCUT2D eigenvalue weighted by Gasteiger charge is -2.21. The van der Waals surface area contributed by atoms with Crippen molar-refractivity contribution in [3.63, 3.8) is 0 Å². The molecule has 0 atom stereocenters. The van der Waals surface area contributed by atoms with Crippen LogP contribution in [-0.2, 0) is 11.0 Å². The second-order valence-electron chi connectivity index (χ2n) is 3.30. The van der Waals surface area contributed by atoms with E-state index in [0.29, 0.717) is 5.70 Å². The van der Waals surface area contributed by atoms with Gasteiger partial charge in [0.1, 0.15) is 11.9 Å². The summed E-state index contributed by atoms with van der Waals surface area (Å²) < 4.78 is 38.2. The molecular formula is C10H8ClF3N2O. The van der Waals surface area contributed by atoms with Crippen molar-refractivity contribution in [1.82, 2.24) is 5.43 Å². The van der Waals surface area contributed by atoms with E-state index in [1.165, 1.54) is 24.5 Å². The lowest BCUT2D eigenvalue weighted by Crippen LogP contribution is -2.32. The van der Waals surface area contributed by atoms with Gasteiger partial charge in [0, 0.05) is 0 Å². The molecule has 17 heavy (non-hydrogen) atoms. The van der Waals surface area contributed by atoms with E-state index in [-0.39, 0.29) is 11.6 Å². The van der Waals surface area contributed by atoms with Gasteiger partial charge in [0.15, 0.2) is 0 Å². The summed E-state index contributed by atoms with van der Waals surface area (Å²) in [6.07, 6.45) is -3.18. The van der Waals surface area contributed by atoms with E-state index in [4.69, 9.17) is 16.4 Å². The van der Waals surface area contributed by atoms with Crippen LogP contribution in [0.1, 0.15) is 5.56 Å². The zero-order valence-electron chi connectivity index (χ0n) is 8.46.